The van der Waals surface area contributed by atoms with Crippen LogP contribution < -0.4 is 10.8 Å². The van der Waals surface area contributed by atoms with Gasteiger partial charge in [0, 0.05) is 12.5 Å². The maximum absolute atomic E-state index is 11.1. The van der Waals surface area contributed by atoms with Crippen molar-refractivity contribution >= 4 is 5.91 Å². The topological polar surface area (TPSA) is 50.4 Å². The lowest BCUT2D eigenvalue weighted by Crippen LogP contribution is -2.40. The van der Waals surface area contributed by atoms with E-state index in [2.05, 4.69) is 10.8 Å². The highest BCUT2D eigenvalue weighted by Gasteiger charge is 2.18. The van der Waals surface area contributed by atoms with E-state index in [0.29, 0.717) is 13.2 Å². The van der Waals surface area contributed by atoms with Crippen LogP contribution in [0.3, 0.4) is 0 Å². The van der Waals surface area contributed by atoms with Crippen LogP contribution in [0.1, 0.15) is 13.8 Å². The predicted octanol–water partition coefficient (Wildman–Crippen LogP) is -0.338. The van der Waals surface area contributed by atoms with E-state index in [9.17, 15) is 4.79 Å². The first-order valence-corrected chi connectivity index (χ1v) is 3.85. The standard InChI is InChI=1S/C7H14N2O2/c1-5(2)7(10)9-6-3-8-11-4-6/h5-6,8H,3-4H2,1-2H3,(H,9,10)/t6-/m0/s1. The zero-order valence-corrected chi connectivity index (χ0v) is 6.89. The Morgan fingerprint density at radius 2 is 2.45 bits per heavy atom. The summed E-state index contributed by atoms with van der Waals surface area (Å²) in [4.78, 5) is 16.0. The maximum atomic E-state index is 11.1. The molecule has 1 atom stereocenters. The van der Waals surface area contributed by atoms with Crippen molar-refractivity contribution in [3.63, 3.8) is 0 Å². The Morgan fingerprint density at radius 3 is 2.91 bits per heavy atom. The van der Waals surface area contributed by atoms with Gasteiger partial charge in [-0.05, 0) is 0 Å². The van der Waals surface area contributed by atoms with Gasteiger partial charge >= 0.3 is 0 Å². The summed E-state index contributed by atoms with van der Waals surface area (Å²) in [5, 5.41) is 2.85. The Morgan fingerprint density at radius 1 is 1.73 bits per heavy atom. The number of hydrogen-bond acceptors (Lipinski definition) is 3. The second-order valence-corrected chi connectivity index (χ2v) is 3.02. The summed E-state index contributed by atoms with van der Waals surface area (Å²) in [5.74, 6) is 0.137. The van der Waals surface area contributed by atoms with Crippen LogP contribution in [-0.4, -0.2) is 25.1 Å². The van der Waals surface area contributed by atoms with E-state index in [1.54, 1.807) is 0 Å². The Balaban J connectivity index is 2.24. The minimum atomic E-state index is 0.0515. The molecule has 0 aromatic carbocycles. The lowest BCUT2D eigenvalue weighted by molar-refractivity contribution is -0.124. The molecule has 0 bridgehead atoms. The number of rotatable bonds is 2. The quantitative estimate of drug-likeness (QED) is 0.578. The Labute approximate surface area is 66.3 Å². The summed E-state index contributed by atoms with van der Waals surface area (Å²) >= 11 is 0. The van der Waals surface area contributed by atoms with E-state index >= 15 is 0 Å². The van der Waals surface area contributed by atoms with Gasteiger partial charge in [-0.1, -0.05) is 13.8 Å². The number of nitrogens with one attached hydrogen (secondary N) is 2. The van der Waals surface area contributed by atoms with Crippen molar-refractivity contribution in [1.82, 2.24) is 10.8 Å². The van der Waals surface area contributed by atoms with Crippen molar-refractivity contribution in [2.24, 2.45) is 5.92 Å². The Hall–Kier alpha value is -0.610. The molecule has 11 heavy (non-hydrogen) atoms. The van der Waals surface area contributed by atoms with Crippen molar-refractivity contribution in [1.29, 1.82) is 0 Å². The fourth-order valence-electron chi connectivity index (χ4n) is 0.839. The monoisotopic (exact) mass is 158 g/mol. The van der Waals surface area contributed by atoms with Crippen LogP contribution in [0.4, 0.5) is 0 Å². The summed E-state index contributed by atoms with van der Waals surface area (Å²) < 4.78 is 0. The number of hydrogen-bond donors (Lipinski definition) is 2. The highest BCUT2D eigenvalue weighted by molar-refractivity contribution is 5.78. The first-order valence-electron chi connectivity index (χ1n) is 3.85. The van der Waals surface area contributed by atoms with Gasteiger partial charge in [0.1, 0.15) is 0 Å². The van der Waals surface area contributed by atoms with Crippen LogP contribution in [0.2, 0.25) is 0 Å². The van der Waals surface area contributed by atoms with Crippen molar-refractivity contribution in [2.45, 2.75) is 19.9 Å². The van der Waals surface area contributed by atoms with Gasteiger partial charge in [0.25, 0.3) is 0 Å². The van der Waals surface area contributed by atoms with Crippen LogP contribution in [0.5, 0.6) is 0 Å². The molecular formula is C7H14N2O2. The summed E-state index contributed by atoms with van der Waals surface area (Å²) in [6, 6.07) is 0.143. The zero-order valence-electron chi connectivity index (χ0n) is 6.89. The molecule has 1 amide bonds. The molecule has 4 heteroatoms. The second-order valence-electron chi connectivity index (χ2n) is 3.02. The van der Waals surface area contributed by atoms with E-state index in [0.717, 1.165) is 0 Å². The minimum absolute atomic E-state index is 0.0515. The van der Waals surface area contributed by atoms with E-state index in [1.807, 2.05) is 13.8 Å². The van der Waals surface area contributed by atoms with Gasteiger partial charge in [0.2, 0.25) is 5.91 Å². The number of amides is 1. The SMILES string of the molecule is CC(C)C(=O)N[C@H]1CNOC1. The van der Waals surface area contributed by atoms with Crippen LogP contribution in [0.25, 0.3) is 0 Å². The van der Waals surface area contributed by atoms with Gasteiger partial charge in [-0.15, -0.1) is 0 Å². The fraction of sp³-hybridized carbons (Fsp3) is 0.857. The van der Waals surface area contributed by atoms with E-state index in [4.69, 9.17) is 4.84 Å². The van der Waals surface area contributed by atoms with Gasteiger partial charge in [-0.3, -0.25) is 9.63 Å². The summed E-state index contributed by atoms with van der Waals surface area (Å²) in [5.41, 5.74) is 2.70. The van der Waals surface area contributed by atoms with Crippen LogP contribution in [0.15, 0.2) is 0 Å². The molecule has 0 aromatic heterocycles. The molecule has 0 aromatic rings. The molecule has 1 aliphatic rings. The molecule has 0 spiro atoms. The van der Waals surface area contributed by atoms with Crippen molar-refractivity contribution in [2.75, 3.05) is 13.2 Å². The maximum Gasteiger partial charge on any atom is 0.222 e. The van der Waals surface area contributed by atoms with Crippen LogP contribution in [-0.2, 0) is 9.63 Å². The van der Waals surface area contributed by atoms with E-state index in [-0.39, 0.29) is 17.9 Å². The highest BCUT2D eigenvalue weighted by atomic mass is 16.7. The molecule has 4 nitrogen and oxygen atoms in total. The largest absolute Gasteiger partial charge is 0.349 e. The Kier molecular flexibility index (Phi) is 2.84. The number of carbonyl (C=O) groups is 1. The second kappa shape index (κ2) is 3.69. The molecule has 1 fully saturated rings. The third kappa shape index (κ3) is 2.48. The molecular weight excluding hydrogens is 144 g/mol. The highest BCUT2D eigenvalue weighted by Crippen LogP contribution is 1.96. The number of hydroxylamine groups is 1. The van der Waals surface area contributed by atoms with Crippen molar-refractivity contribution in [3.8, 4) is 0 Å². The third-order valence-corrected chi connectivity index (χ3v) is 1.59. The first-order chi connectivity index (χ1) is 5.20. The lowest BCUT2D eigenvalue weighted by Gasteiger charge is -2.11. The van der Waals surface area contributed by atoms with Gasteiger partial charge in [0.05, 0.1) is 12.6 Å². The smallest absolute Gasteiger partial charge is 0.222 e. The summed E-state index contributed by atoms with van der Waals surface area (Å²) in [7, 11) is 0. The molecule has 2 N–H and O–H groups in total. The molecule has 0 aliphatic carbocycles. The van der Waals surface area contributed by atoms with Crippen LogP contribution >= 0.6 is 0 Å². The zero-order chi connectivity index (χ0) is 8.27. The predicted molar refractivity (Wildman–Crippen MR) is 40.7 cm³/mol. The van der Waals surface area contributed by atoms with Gasteiger partial charge in [0.15, 0.2) is 0 Å². The molecule has 0 radical (unpaired) electrons. The Bertz CT molecular complexity index is 141. The lowest BCUT2D eigenvalue weighted by atomic mass is 10.2. The normalized spacial score (nSPS) is 24.1. The molecule has 0 saturated carbocycles. The van der Waals surface area contributed by atoms with Crippen molar-refractivity contribution in [3.05, 3.63) is 0 Å². The molecule has 1 heterocycles. The molecule has 0 unspecified atom stereocenters. The third-order valence-electron chi connectivity index (χ3n) is 1.59. The summed E-state index contributed by atoms with van der Waals surface area (Å²) in [6.07, 6.45) is 0. The molecule has 1 rings (SSSR count). The van der Waals surface area contributed by atoms with Crippen molar-refractivity contribution < 1.29 is 9.63 Å². The summed E-state index contributed by atoms with van der Waals surface area (Å²) in [6.45, 7) is 5.02. The van der Waals surface area contributed by atoms with Gasteiger partial charge in [-0.25, -0.2) is 5.48 Å². The minimum Gasteiger partial charge on any atom is -0.349 e. The number of carbonyl (C=O) groups excluding carboxylic acids is 1. The molecule has 1 aliphatic heterocycles. The van der Waals surface area contributed by atoms with Gasteiger partial charge < -0.3 is 5.32 Å². The first kappa shape index (κ1) is 8.49. The van der Waals surface area contributed by atoms with Crippen LogP contribution in [0, 0.1) is 5.92 Å². The average molecular weight is 158 g/mol. The fourth-order valence-corrected chi connectivity index (χ4v) is 0.839. The van der Waals surface area contributed by atoms with E-state index < -0.39 is 0 Å². The van der Waals surface area contributed by atoms with Gasteiger partial charge in [-0.2, -0.15) is 0 Å². The average Bonchev–Trinajstić information content (AvgIpc) is 2.39. The molecule has 1 saturated heterocycles. The van der Waals surface area contributed by atoms with E-state index in [1.165, 1.54) is 0 Å². The molecule has 64 valence electrons.